The molecule has 7 aromatic rings. The number of hydrogen-bond acceptors (Lipinski definition) is 3. The van der Waals surface area contributed by atoms with Crippen LogP contribution in [0.1, 0.15) is 26.7 Å². The van der Waals surface area contributed by atoms with Crippen molar-refractivity contribution >= 4 is 59.9 Å². The number of pyridine rings is 2. The first-order chi connectivity index (χ1) is 20.6. The number of hydrogen-bond donors (Lipinski definition) is 0. The van der Waals surface area contributed by atoms with E-state index in [0.29, 0.717) is 0 Å². The van der Waals surface area contributed by atoms with Crippen molar-refractivity contribution in [2.75, 3.05) is 0 Å². The summed E-state index contributed by atoms with van der Waals surface area (Å²) in [6.07, 6.45) is 3.85. The molecule has 0 bridgehead atoms. The molecule has 4 aromatic carbocycles. The van der Waals surface area contributed by atoms with Crippen LogP contribution in [0.4, 0.5) is 0 Å². The van der Waals surface area contributed by atoms with Crippen LogP contribution in [0.2, 0.25) is 17.3 Å². The molecule has 3 heterocycles. The van der Waals surface area contributed by atoms with Crippen molar-refractivity contribution in [2.24, 2.45) is 0 Å². The number of thiophene rings is 1. The molecule has 5 heteroatoms. The minimum Gasteiger partial charge on any atom is 0 e. The molecule has 0 unspecified atom stereocenters. The Morgan fingerprint density at radius 3 is 2.26 bits per heavy atom. The first-order valence-corrected chi connectivity index (χ1v) is 22.4. The van der Waals surface area contributed by atoms with E-state index in [4.69, 9.17) is 1.37 Å². The van der Waals surface area contributed by atoms with Crippen LogP contribution in [0.25, 0.3) is 53.5 Å². The van der Waals surface area contributed by atoms with E-state index in [-0.39, 0.29) is 20.1 Å². The van der Waals surface area contributed by atoms with Gasteiger partial charge >= 0.3 is 99.8 Å². The molecule has 7 rings (SSSR count). The van der Waals surface area contributed by atoms with E-state index in [9.17, 15) is 0 Å². The molecule has 0 spiro atoms. The Balaban J connectivity index is 0.000000194. The molecule has 0 saturated carbocycles. The second kappa shape index (κ2) is 13.2. The third-order valence-corrected chi connectivity index (χ3v) is 12.9. The van der Waals surface area contributed by atoms with Crippen molar-refractivity contribution in [3.63, 3.8) is 0 Å². The molecular formula is C38H34GeIrN2S-2. The normalized spacial score (nSPS) is 12.0. The minimum atomic E-state index is -1.72. The summed E-state index contributed by atoms with van der Waals surface area (Å²) in [4.78, 5) is 9.17. The van der Waals surface area contributed by atoms with Crippen molar-refractivity contribution < 1.29 is 21.5 Å². The maximum atomic E-state index is 8.38. The summed E-state index contributed by atoms with van der Waals surface area (Å²) in [5.74, 6) is 6.48. The molecule has 0 amide bonds. The SMILES string of the molecule is [2H]C(C)(C)c1ccnc(-c2[c-]c3ccccc3c3c2sc2ccccc23)c1.[CH3][Ge]([CH3])([CH3])[c]1ccc(-c2[c-]cccc2)nc1.[Ir]. The van der Waals surface area contributed by atoms with Crippen molar-refractivity contribution in [3.8, 4) is 22.5 Å². The Morgan fingerprint density at radius 1 is 0.814 bits per heavy atom. The van der Waals surface area contributed by atoms with Gasteiger partial charge in [0.25, 0.3) is 0 Å². The monoisotopic (exact) mass is 818 g/mol. The fraction of sp³-hybridized carbons (Fsp3) is 0.158. The van der Waals surface area contributed by atoms with Crippen molar-refractivity contribution in [3.05, 3.63) is 127 Å². The van der Waals surface area contributed by atoms with Crippen LogP contribution >= 0.6 is 11.3 Å². The summed E-state index contributed by atoms with van der Waals surface area (Å²) in [6.45, 7) is 3.82. The maximum Gasteiger partial charge on any atom is 0 e. The smallest absolute Gasteiger partial charge is 0 e. The van der Waals surface area contributed by atoms with Gasteiger partial charge in [0.2, 0.25) is 0 Å². The van der Waals surface area contributed by atoms with Crippen molar-refractivity contribution in [1.29, 1.82) is 0 Å². The van der Waals surface area contributed by atoms with Gasteiger partial charge in [0, 0.05) is 38.1 Å². The molecular weight excluding hydrogens is 781 g/mol. The van der Waals surface area contributed by atoms with Crippen molar-refractivity contribution in [1.82, 2.24) is 9.97 Å². The van der Waals surface area contributed by atoms with E-state index in [1.54, 1.807) is 11.3 Å². The first kappa shape index (κ1) is 29.9. The van der Waals surface area contributed by atoms with Gasteiger partial charge < -0.3 is 0 Å². The van der Waals surface area contributed by atoms with E-state index in [2.05, 4.69) is 100 Å². The van der Waals surface area contributed by atoms with Gasteiger partial charge in [-0.15, -0.1) is 17.5 Å². The minimum absolute atomic E-state index is 0. The number of aromatic nitrogens is 2. The van der Waals surface area contributed by atoms with Gasteiger partial charge in [-0.25, -0.2) is 0 Å². The molecule has 0 atom stereocenters. The summed E-state index contributed by atoms with van der Waals surface area (Å²) >= 11 is 0.0773. The van der Waals surface area contributed by atoms with E-state index < -0.39 is 19.2 Å². The van der Waals surface area contributed by atoms with Gasteiger partial charge in [-0.2, -0.15) is 11.3 Å². The fourth-order valence-corrected chi connectivity index (χ4v) is 8.50. The van der Waals surface area contributed by atoms with Crippen LogP contribution in [0, 0.1) is 12.1 Å². The Kier molecular flexibility index (Phi) is 9.20. The van der Waals surface area contributed by atoms with Crippen LogP contribution < -0.4 is 4.40 Å². The molecule has 0 N–H and O–H groups in total. The number of fused-ring (bicyclic) bond motifs is 5. The van der Waals surface area contributed by atoms with Gasteiger partial charge in [-0.1, -0.05) is 72.6 Å². The molecule has 0 aliphatic carbocycles. The average molecular weight is 817 g/mol. The predicted molar refractivity (Wildman–Crippen MR) is 184 cm³/mol. The zero-order valence-electron chi connectivity index (χ0n) is 26.0. The molecule has 3 aromatic heterocycles. The third-order valence-electron chi connectivity index (χ3n) is 7.49. The second-order valence-electron chi connectivity index (χ2n) is 11.7. The van der Waals surface area contributed by atoms with E-state index in [0.717, 1.165) is 33.5 Å². The summed E-state index contributed by atoms with van der Waals surface area (Å²) in [5, 5.41) is 4.88. The summed E-state index contributed by atoms with van der Waals surface area (Å²) < 4.78 is 12.3. The quantitative estimate of drug-likeness (QED) is 0.131. The first-order valence-electron chi connectivity index (χ1n) is 14.8. The second-order valence-corrected chi connectivity index (χ2v) is 23.4. The van der Waals surface area contributed by atoms with E-state index in [1.807, 2.05) is 62.6 Å². The summed E-state index contributed by atoms with van der Waals surface area (Å²) in [7, 11) is 0. The number of benzene rings is 4. The van der Waals surface area contributed by atoms with Gasteiger partial charge in [-0.05, 0) is 33.7 Å². The Bertz CT molecular complexity index is 2040. The van der Waals surface area contributed by atoms with Crippen LogP contribution in [-0.4, -0.2) is 23.2 Å². The topological polar surface area (TPSA) is 25.8 Å². The standard InChI is InChI=1S/C24H18NS.C14H16GeN.Ir/c1-15(2)16-11-12-25-21(14-16)20-13-17-7-3-4-8-18(17)23-19-9-5-6-10-22(19)26-24(20)23;1-15(2,3)13-9-10-14(16-11-13)12-7-5-4-6-8-12;/h3-12,14-15H,1-2H3;4-7,9-11H,1-3H3;/q2*-1;/i15D;;. The van der Waals surface area contributed by atoms with Gasteiger partial charge in [0.1, 0.15) is 0 Å². The Hall–Kier alpha value is -3.15. The Morgan fingerprint density at radius 2 is 1.56 bits per heavy atom. The molecule has 0 fully saturated rings. The molecule has 0 aliphatic heterocycles. The van der Waals surface area contributed by atoms with Gasteiger partial charge in [0.15, 0.2) is 0 Å². The fourth-order valence-electron chi connectivity index (χ4n) is 5.10. The van der Waals surface area contributed by atoms with Gasteiger partial charge in [-0.3, -0.25) is 4.98 Å². The number of rotatable bonds is 4. The molecule has 0 aliphatic rings. The summed E-state index contributed by atoms with van der Waals surface area (Å²) in [5.41, 5.74) is 4.95. The largest absolute Gasteiger partial charge is 0 e. The molecule has 1 radical (unpaired) electrons. The molecule has 2 nitrogen and oxygen atoms in total. The van der Waals surface area contributed by atoms with Crippen LogP contribution in [0.3, 0.4) is 0 Å². The van der Waals surface area contributed by atoms with Crippen LogP contribution in [0.5, 0.6) is 0 Å². The van der Waals surface area contributed by atoms with Gasteiger partial charge in [0.05, 0.1) is 0 Å². The molecule has 0 saturated heterocycles. The van der Waals surface area contributed by atoms with E-state index in [1.165, 1.54) is 30.0 Å². The zero-order chi connectivity index (χ0) is 30.2. The van der Waals surface area contributed by atoms with E-state index >= 15 is 0 Å². The van der Waals surface area contributed by atoms with Crippen LogP contribution in [0.15, 0.2) is 109 Å². The van der Waals surface area contributed by atoms with Crippen LogP contribution in [-0.2, 0) is 20.1 Å². The zero-order valence-corrected chi connectivity index (χ0v) is 30.3. The molecule has 43 heavy (non-hydrogen) atoms. The average Bonchev–Trinajstić information content (AvgIpc) is 3.41. The maximum absolute atomic E-state index is 8.38. The van der Waals surface area contributed by atoms with Crippen molar-refractivity contribution in [2.45, 2.75) is 37.0 Å². The molecule has 217 valence electrons. The Labute approximate surface area is 276 Å². The number of nitrogens with zero attached hydrogens (tertiary/aromatic N) is 2. The summed E-state index contributed by atoms with van der Waals surface area (Å²) in [6, 6.07) is 40.1. The predicted octanol–water partition coefficient (Wildman–Crippen LogP) is 10.3. The third kappa shape index (κ3) is 6.68.